The normalized spacial score (nSPS) is 33.2. The minimum atomic E-state index is -0.826. The predicted octanol–water partition coefficient (Wildman–Crippen LogP) is -0.309. The Morgan fingerprint density at radius 3 is 2.75 bits per heavy atom. The molecule has 0 spiro atoms. The molecule has 130 valence electrons. The minimum absolute atomic E-state index is 0.102. The topological polar surface area (TPSA) is 130 Å². The number of nitrogens with one attached hydrogen (secondary N) is 2. The molecule has 24 heavy (non-hydrogen) atoms. The second kappa shape index (κ2) is 5.16. The van der Waals surface area contributed by atoms with Crippen molar-refractivity contribution in [2.45, 2.75) is 67.3 Å². The van der Waals surface area contributed by atoms with Crippen molar-refractivity contribution in [1.29, 1.82) is 0 Å². The first-order chi connectivity index (χ1) is 11.3. The van der Waals surface area contributed by atoms with Crippen molar-refractivity contribution in [2.75, 3.05) is 0 Å². The average Bonchev–Trinajstić information content (AvgIpc) is 3.23. The van der Waals surface area contributed by atoms with Gasteiger partial charge in [-0.2, -0.15) is 0 Å². The highest BCUT2D eigenvalue weighted by molar-refractivity contribution is 8.01. The molecule has 10 heteroatoms. The number of hydrogen-bond acceptors (Lipinski definition) is 7. The number of rotatable bonds is 3. The second-order valence-corrected chi connectivity index (χ2v) is 9.13. The van der Waals surface area contributed by atoms with Gasteiger partial charge in [0.15, 0.2) is 5.82 Å². The van der Waals surface area contributed by atoms with E-state index in [1.165, 1.54) is 0 Å². The summed E-state index contributed by atoms with van der Waals surface area (Å²) in [6.07, 6.45) is 3.28. The number of β-lactam (4-membered cyclic amide) rings is 1. The number of carbonyl (C=O) groups is 2. The number of amides is 2. The number of fused-ring (bicyclic) bond motifs is 1. The summed E-state index contributed by atoms with van der Waals surface area (Å²) < 4.78 is -0.255. The molecule has 1 aromatic rings. The van der Waals surface area contributed by atoms with Gasteiger partial charge >= 0.3 is 0 Å². The number of aromatic amines is 1. The van der Waals surface area contributed by atoms with Gasteiger partial charge in [-0.05, 0) is 37.1 Å². The third-order valence-corrected chi connectivity index (χ3v) is 6.87. The molecule has 3 atom stereocenters. The quantitative estimate of drug-likeness (QED) is 0.637. The van der Waals surface area contributed by atoms with Crippen LogP contribution in [0.4, 0.5) is 0 Å². The number of thioether (sulfide) groups is 1. The van der Waals surface area contributed by atoms with Gasteiger partial charge < -0.3 is 16.0 Å². The molecule has 2 saturated heterocycles. The molecule has 1 aliphatic carbocycles. The lowest BCUT2D eigenvalue weighted by atomic mass is 9.93. The zero-order valence-electron chi connectivity index (χ0n) is 13.7. The van der Waals surface area contributed by atoms with Crippen LogP contribution in [0, 0.1) is 0 Å². The van der Waals surface area contributed by atoms with E-state index in [1.54, 1.807) is 16.7 Å². The fourth-order valence-electron chi connectivity index (χ4n) is 3.99. The summed E-state index contributed by atoms with van der Waals surface area (Å²) in [6.45, 7) is 4.10. The van der Waals surface area contributed by atoms with Crippen molar-refractivity contribution in [1.82, 2.24) is 30.8 Å². The first-order valence-electron chi connectivity index (χ1n) is 8.17. The van der Waals surface area contributed by atoms with Gasteiger partial charge in [0.05, 0.1) is 5.54 Å². The van der Waals surface area contributed by atoms with E-state index in [1.807, 2.05) is 0 Å². The van der Waals surface area contributed by atoms with Gasteiger partial charge in [0.1, 0.15) is 17.5 Å². The Bertz CT molecular complexity index is 671. The molecule has 9 nitrogen and oxygen atoms in total. The van der Waals surface area contributed by atoms with Crippen LogP contribution in [0.25, 0.3) is 0 Å². The second-order valence-electron chi connectivity index (χ2n) is 7.36. The minimum Gasteiger partial charge on any atom is -0.340 e. The van der Waals surface area contributed by atoms with Crippen LogP contribution < -0.4 is 11.1 Å². The van der Waals surface area contributed by atoms with Crippen LogP contribution in [0.15, 0.2) is 0 Å². The van der Waals surface area contributed by atoms with Crippen LogP contribution in [-0.2, 0) is 9.59 Å². The predicted molar refractivity (Wildman–Crippen MR) is 86.5 cm³/mol. The van der Waals surface area contributed by atoms with Crippen LogP contribution >= 0.6 is 11.8 Å². The molecule has 4 N–H and O–H groups in total. The molecule has 3 aliphatic rings. The highest BCUT2D eigenvalue weighted by Gasteiger charge is 2.63. The zero-order chi connectivity index (χ0) is 17.1. The van der Waals surface area contributed by atoms with Gasteiger partial charge in [-0.3, -0.25) is 9.59 Å². The maximum absolute atomic E-state index is 12.7. The number of tetrazole rings is 1. The highest BCUT2D eigenvalue weighted by atomic mass is 32.2. The summed E-state index contributed by atoms with van der Waals surface area (Å²) in [4.78, 5) is 26.9. The number of H-pyrrole nitrogens is 1. The van der Waals surface area contributed by atoms with Crippen molar-refractivity contribution in [3.63, 3.8) is 0 Å². The van der Waals surface area contributed by atoms with E-state index in [0.29, 0.717) is 18.7 Å². The van der Waals surface area contributed by atoms with E-state index in [0.717, 1.165) is 12.8 Å². The third-order valence-electron chi connectivity index (χ3n) is 5.30. The number of aromatic nitrogens is 4. The van der Waals surface area contributed by atoms with Crippen molar-refractivity contribution in [3.8, 4) is 0 Å². The molecule has 1 aromatic heterocycles. The molecule has 2 aliphatic heterocycles. The van der Waals surface area contributed by atoms with E-state index in [-0.39, 0.29) is 28.0 Å². The molecule has 2 unspecified atom stereocenters. The van der Waals surface area contributed by atoms with Crippen LogP contribution in [0.5, 0.6) is 0 Å². The molecule has 0 aromatic carbocycles. The van der Waals surface area contributed by atoms with Crippen molar-refractivity contribution in [3.05, 3.63) is 5.82 Å². The van der Waals surface area contributed by atoms with Crippen LogP contribution in [0.2, 0.25) is 0 Å². The summed E-state index contributed by atoms with van der Waals surface area (Å²) in [7, 11) is 0. The summed E-state index contributed by atoms with van der Waals surface area (Å²) in [5.74, 6) is 0.259. The molecule has 1 saturated carbocycles. The van der Waals surface area contributed by atoms with Crippen molar-refractivity contribution < 1.29 is 9.59 Å². The van der Waals surface area contributed by atoms with Gasteiger partial charge in [0.25, 0.3) is 0 Å². The maximum Gasteiger partial charge on any atom is 0.249 e. The number of hydrogen-bond donors (Lipinski definition) is 3. The highest BCUT2D eigenvalue weighted by Crippen LogP contribution is 2.56. The average molecular weight is 351 g/mol. The maximum atomic E-state index is 12.7. The van der Waals surface area contributed by atoms with E-state index in [2.05, 4.69) is 39.8 Å². The Morgan fingerprint density at radius 2 is 2.12 bits per heavy atom. The first-order valence-corrected chi connectivity index (χ1v) is 9.05. The van der Waals surface area contributed by atoms with E-state index < -0.39 is 11.6 Å². The van der Waals surface area contributed by atoms with Crippen molar-refractivity contribution >= 4 is 23.6 Å². The smallest absolute Gasteiger partial charge is 0.249 e. The van der Waals surface area contributed by atoms with Gasteiger partial charge in [-0.1, -0.05) is 12.8 Å². The number of nitrogens with zero attached hydrogens (tertiary/aromatic N) is 4. The standard InChI is InChI=1S/C14H21N7O2S/c1-13(2)8(9-17-19-20-18-9)21-10(22)7(11(21)24-13)16-12(23)14(15)5-3-4-6-14/h7-8,11H,3-6,15H2,1-2H3,(H,16,23)(H,17,18,19,20)/t7?,8?,11-/m1/s1. The monoisotopic (exact) mass is 351 g/mol. The Labute approximate surface area is 143 Å². The van der Waals surface area contributed by atoms with E-state index >= 15 is 0 Å². The Morgan fingerprint density at radius 1 is 1.42 bits per heavy atom. The van der Waals surface area contributed by atoms with Crippen LogP contribution in [0.3, 0.4) is 0 Å². The lowest BCUT2D eigenvalue weighted by molar-refractivity contribution is -0.152. The third kappa shape index (κ3) is 2.16. The van der Waals surface area contributed by atoms with Gasteiger partial charge in [-0.15, -0.1) is 16.9 Å². The summed E-state index contributed by atoms with van der Waals surface area (Å²) >= 11 is 1.65. The van der Waals surface area contributed by atoms with Crippen molar-refractivity contribution in [2.24, 2.45) is 5.73 Å². The first kappa shape index (κ1) is 15.8. The summed E-state index contributed by atoms with van der Waals surface area (Å²) in [5.41, 5.74) is 5.37. The van der Waals surface area contributed by atoms with E-state index in [9.17, 15) is 9.59 Å². The molecular weight excluding hydrogens is 330 g/mol. The molecule has 0 radical (unpaired) electrons. The number of nitrogens with two attached hydrogens (primary N) is 1. The SMILES string of the molecule is CC1(C)S[C@@H]2C(NC(=O)C3(N)CCCC3)C(=O)N2C1c1nnn[nH]1. The Balaban J connectivity index is 1.52. The fraction of sp³-hybridized carbons (Fsp3) is 0.786. The van der Waals surface area contributed by atoms with E-state index in [4.69, 9.17) is 5.73 Å². The molecule has 3 fully saturated rings. The molecule has 0 bridgehead atoms. The fourth-order valence-corrected chi connectivity index (χ4v) is 5.63. The molecule has 4 rings (SSSR count). The molecule has 3 heterocycles. The number of carbonyl (C=O) groups excluding carboxylic acids is 2. The lowest BCUT2D eigenvalue weighted by Crippen LogP contribution is -2.70. The molecular formula is C14H21N7O2S. The zero-order valence-corrected chi connectivity index (χ0v) is 14.5. The summed E-state index contributed by atoms with van der Waals surface area (Å²) in [5, 5.41) is 16.7. The van der Waals surface area contributed by atoms with Crippen LogP contribution in [0.1, 0.15) is 51.4 Å². The van der Waals surface area contributed by atoms with Gasteiger partial charge in [0, 0.05) is 4.75 Å². The Hall–Kier alpha value is -1.68. The largest absolute Gasteiger partial charge is 0.340 e. The Kier molecular flexibility index (Phi) is 3.40. The van der Waals surface area contributed by atoms with Gasteiger partial charge in [0.2, 0.25) is 11.8 Å². The van der Waals surface area contributed by atoms with Crippen LogP contribution in [-0.4, -0.2) is 59.0 Å². The van der Waals surface area contributed by atoms with Gasteiger partial charge in [-0.25, -0.2) is 5.10 Å². The molecule has 2 amide bonds. The summed E-state index contributed by atoms with van der Waals surface area (Å²) in [6, 6.07) is -0.759. The lowest BCUT2D eigenvalue weighted by Gasteiger charge is -2.45.